The Bertz CT molecular complexity index is 747. The predicted molar refractivity (Wildman–Crippen MR) is 100.0 cm³/mol. The maximum atomic E-state index is 12.2. The molecule has 1 saturated carbocycles. The van der Waals surface area contributed by atoms with Crippen molar-refractivity contribution in [1.29, 1.82) is 0 Å². The molecule has 10 heteroatoms. The van der Waals surface area contributed by atoms with E-state index < -0.39 is 11.7 Å². The highest BCUT2D eigenvalue weighted by molar-refractivity contribution is 6.33. The van der Waals surface area contributed by atoms with Crippen molar-refractivity contribution in [3.63, 3.8) is 0 Å². The number of anilines is 1. The second kappa shape index (κ2) is 8.60. The van der Waals surface area contributed by atoms with E-state index in [0.717, 1.165) is 25.7 Å². The van der Waals surface area contributed by atoms with Gasteiger partial charge in [-0.2, -0.15) is 5.10 Å². The highest BCUT2D eigenvalue weighted by atomic mass is 35.5. The van der Waals surface area contributed by atoms with Gasteiger partial charge < -0.3 is 20.3 Å². The van der Waals surface area contributed by atoms with Crippen LogP contribution in [0.2, 0.25) is 5.02 Å². The Kier molecular flexibility index (Phi) is 6.20. The third-order valence-electron chi connectivity index (χ3n) is 4.99. The number of hydrogen-bond donors (Lipinski definition) is 3. The zero-order valence-corrected chi connectivity index (χ0v) is 15.9. The van der Waals surface area contributed by atoms with Crippen LogP contribution in [0.5, 0.6) is 0 Å². The largest absolute Gasteiger partial charge is 0.444 e. The van der Waals surface area contributed by atoms with E-state index in [1.807, 2.05) is 4.90 Å². The van der Waals surface area contributed by atoms with Crippen molar-refractivity contribution in [1.82, 2.24) is 20.8 Å². The van der Waals surface area contributed by atoms with Crippen LogP contribution in [0, 0.1) is 0 Å². The van der Waals surface area contributed by atoms with E-state index in [1.54, 1.807) is 0 Å². The molecule has 2 amide bonds. The van der Waals surface area contributed by atoms with Crippen LogP contribution in [0.15, 0.2) is 11.0 Å². The minimum absolute atomic E-state index is 0.0210. The molecule has 1 atom stereocenters. The van der Waals surface area contributed by atoms with Crippen LogP contribution in [0.1, 0.15) is 39.0 Å². The van der Waals surface area contributed by atoms with Gasteiger partial charge in [0.1, 0.15) is 11.1 Å². The maximum absolute atomic E-state index is 12.2. The monoisotopic (exact) mass is 397 g/mol. The van der Waals surface area contributed by atoms with Crippen LogP contribution in [0.4, 0.5) is 10.5 Å². The molecular formula is C17H24ClN5O4. The topological polar surface area (TPSA) is 116 Å². The number of amides is 2. The number of alkyl carbamates (subject to hydrolysis) is 1. The molecule has 3 N–H and O–H groups in total. The van der Waals surface area contributed by atoms with Crippen LogP contribution < -0.4 is 21.1 Å². The minimum atomic E-state index is -0.439. The molecule has 2 aliphatic rings. The van der Waals surface area contributed by atoms with E-state index >= 15 is 0 Å². The number of rotatable bonds is 4. The molecule has 2 fully saturated rings. The summed E-state index contributed by atoms with van der Waals surface area (Å²) in [5, 5.41) is 12.0. The molecule has 0 radical (unpaired) electrons. The van der Waals surface area contributed by atoms with Crippen molar-refractivity contribution in [3.05, 3.63) is 21.6 Å². The fourth-order valence-corrected chi connectivity index (χ4v) is 3.87. The Labute approximate surface area is 161 Å². The molecule has 0 aromatic carbocycles. The fourth-order valence-electron chi connectivity index (χ4n) is 3.66. The van der Waals surface area contributed by atoms with E-state index in [2.05, 4.69) is 20.8 Å². The van der Waals surface area contributed by atoms with Crippen LogP contribution in [-0.4, -0.2) is 53.5 Å². The molecule has 0 unspecified atom stereocenters. The molecule has 1 aromatic rings. The van der Waals surface area contributed by atoms with Gasteiger partial charge in [0.25, 0.3) is 5.56 Å². The van der Waals surface area contributed by atoms with Gasteiger partial charge in [-0.15, -0.1) is 0 Å². The number of aromatic amines is 1. The van der Waals surface area contributed by atoms with Crippen LogP contribution >= 0.6 is 11.6 Å². The van der Waals surface area contributed by atoms with Crippen LogP contribution in [-0.2, 0) is 9.53 Å². The Balaban J connectivity index is 1.44. The van der Waals surface area contributed by atoms with Crippen molar-refractivity contribution in [2.75, 3.05) is 18.0 Å². The number of carbonyl (C=O) groups is 2. The molecule has 1 saturated heterocycles. The summed E-state index contributed by atoms with van der Waals surface area (Å²) < 4.78 is 5.52. The van der Waals surface area contributed by atoms with Crippen LogP contribution in [0.25, 0.3) is 0 Å². The number of H-pyrrole nitrogens is 1. The average Bonchev–Trinajstić information content (AvgIpc) is 3.06. The second-order valence-corrected chi connectivity index (χ2v) is 7.43. The molecule has 0 spiro atoms. The predicted octanol–water partition coefficient (Wildman–Crippen LogP) is 1.18. The number of halogens is 1. The molecule has 1 aliphatic heterocycles. The smallest absolute Gasteiger partial charge is 0.407 e. The number of ether oxygens (including phenoxy) is 1. The van der Waals surface area contributed by atoms with Crippen molar-refractivity contribution in [3.8, 4) is 0 Å². The van der Waals surface area contributed by atoms with Gasteiger partial charge in [0.15, 0.2) is 0 Å². The standard InChI is InChI=1S/C17H24ClN5O4/c1-10(24)20-11-2-4-12(5-3-11)21-17(26)27-13-6-7-23(9-13)14-8-19-22-16(25)15(14)18/h8,11-13H,2-7,9H2,1H3,(H,20,24)(H,21,26)(H,22,25)/t11-,12+,13-/m1/s1. The molecule has 0 bridgehead atoms. The number of hydrogen-bond acceptors (Lipinski definition) is 6. The van der Waals surface area contributed by atoms with Crippen molar-refractivity contribution >= 4 is 29.3 Å². The van der Waals surface area contributed by atoms with Crippen molar-refractivity contribution < 1.29 is 14.3 Å². The molecular weight excluding hydrogens is 374 g/mol. The normalized spacial score (nSPS) is 25.1. The summed E-state index contributed by atoms with van der Waals surface area (Å²) in [5.74, 6) is -0.0210. The quantitative estimate of drug-likeness (QED) is 0.702. The van der Waals surface area contributed by atoms with Crippen molar-refractivity contribution in [2.24, 2.45) is 0 Å². The SMILES string of the molecule is CC(=O)N[C@H]1CC[C@@H](NC(=O)O[C@@H]2CCN(c3cn[nH]c(=O)c3Cl)C2)CC1. The third kappa shape index (κ3) is 5.12. The lowest BCUT2D eigenvalue weighted by molar-refractivity contribution is -0.119. The molecule has 3 rings (SSSR count). The molecule has 27 heavy (non-hydrogen) atoms. The van der Waals surface area contributed by atoms with Gasteiger partial charge in [-0.1, -0.05) is 11.6 Å². The lowest BCUT2D eigenvalue weighted by atomic mass is 9.91. The first-order chi connectivity index (χ1) is 12.9. The summed E-state index contributed by atoms with van der Waals surface area (Å²) >= 11 is 6.03. The number of nitrogens with zero attached hydrogens (tertiary/aromatic N) is 2. The lowest BCUT2D eigenvalue weighted by Crippen LogP contribution is -2.44. The number of nitrogens with one attached hydrogen (secondary N) is 3. The number of aromatic nitrogens is 2. The molecule has 148 valence electrons. The van der Waals surface area contributed by atoms with Crippen LogP contribution in [0.3, 0.4) is 0 Å². The van der Waals surface area contributed by atoms with Gasteiger partial charge in [-0.05, 0) is 25.7 Å². The molecule has 1 aromatic heterocycles. The average molecular weight is 398 g/mol. The lowest BCUT2D eigenvalue weighted by Gasteiger charge is -2.29. The molecule has 9 nitrogen and oxygen atoms in total. The van der Waals surface area contributed by atoms with E-state index in [-0.39, 0.29) is 29.1 Å². The Morgan fingerprint density at radius 3 is 2.56 bits per heavy atom. The van der Waals surface area contributed by atoms with Gasteiger partial charge in [0, 0.05) is 32.0 Å². The van der Waals surface area contributed by atoms with E-state index in [9.17, 15) is 14.4 Å². The highest BCUT2D eigenvalue weighted by Crippen LogP contribution is 2.26. The Morgan fingerprint density at radius 2 is 1.89 bits per heavy atom. The van der Waals surface area contributed by atoms with E-state index in [0.29, 0.717) is 25.2 Å². The summed E-state index contributed by atoms with van der Waals surface area (Å²) in [5.41, 5.74) is 0.106. The Hall–Kier alpha value is -2.29. The summed E-state index contributed by atoms with van der Waals surface area (Å²) in [4.78, 5) is 36.7. The Morgan fingerprint density at radius 1 is 1.22 bits per heavy atom. The fraction of sp³-hybridized carbons (Fsp3) is 0.647. The van der Waals surface area contributed by atoms with E-state index in [1.165, 1.54) is 13.1 Å². The maximum Gasteiger partial charge on any atom is 0.407 e. The zero-order valence-electron chi connectivity index (χ0n) is 15.2. The van der Waals surface area contributed by atoms with Crippen molar-refractivity contribution in [2.45, 2.75) is 57.2 Å². The van der Waals surface area contributed by atoms with Gasteiger partial charge >= 0.3 is 6.09 Å². The molecule has 1 aliphatic carbocycles. The molecule has 2 heterocycles. The minimum Gasteiger partial charge on any atom is -0.444 e. The third-order valence-corrected chi connectivity index (χ3v) is 5.36. The van der Waals surface area contributed by atoms with Gasteiger partial charge in [0.05, 0.1) is 18.4 Å². The zero-order chi connectivity index (χ0) is 19.4. The first-order valence-electron chi connectivity index (χ1n) is 9.14. The summed E-state index contributed by atoms with van der Waals surface area (Å²) in [6.07, 6.45) is 4.77. The first kappa shape index (κ1) is 19.5. The van der Waals surface area contributed by atoms with Gasteiger partial charge in [0.2, 0.25) is 5.91 Å². The summed E-state index contributed by atoms with van der Waals surface area (Å²) in [7, 11) is 0. The van der Waals surface area contributed by atoms with E-state index in [4.69, 9.17) is 16.3 Å². The highest BCUT2D eigenvalue weighted by Gasteiger charge is 2.29. The second-order valence-electron chi connectivity index (χ2n) is 7.05. The number of carbonyl (C=O) groups excluding carboxylic acids is 2. The first-order valence-corrected chi connectivity index (χ1v) is 9.52. The van der Waals surface area contributed by atoms with Gasteiger partial charge in [-0.3, -0.25) is 9.59 Å². The summed E-state index contributed by atoms with van der Waals surface area (Å²) in [6.45, 7) is 2.61. The van der Waals surface area contributed by atoms with Gasteiger partial charge in [-0.25, -0.2) is 9.89 Å². The summed E-state index contributed by atoms with van der Waals surface area (Å²) in [6, 6.07) is 0.249.